The fourth-order valence-corrected chi connectivity index (χ4v) is 0.394. The zero-order valence-electron chi connectivity index (χ0n) is 6.33. The second kappa shape index (κ2) is 5.23. The van der Waals surface area contributed by atoms with E-state index < -0.39 is 5.97 Å². The predicted molar refractivity (Wildman–Crippen MR) is 36.7 cm³/mol. The van der Waals surface area contributed by atoms with E-state index >= 15 is 0 Å². The SMILES string of the molecule is CCOC(=O)/C(C#N)=N/OC. The van der Waals surface area contributed by atoms with E-state index in [0.29, 0.717) is 0 Å². The zero-order valence-corrected chi connectivity index (χ0v) is 6.33. The van der Waals surface area contributed by atoms with Gasteiger partial charge in [0.1, 0.15) is 13.2 Å². The first kappa shape index (κ1) is 9.43. The van der Waals surface area contributed by atoms with Crippen molar-refractivity contribution >= 4 is 11.7 Å². The second-order valence-corrected chi connectivity index (χ2v) is 1.45. The van der Waals surface area contributed by atoms with Crippen LogP contribution in [-0.4, -0.2) is 25.4 Å². The van der Waals surface area contributed by atoms with Crippen LogP contribution in [-0.2, 0) is 14.4 Å². The van der Waals surface area contributed by atoms with E-state index in [9.17, 15) is 4.79 Å². The predicted octanol–water partition coefficient (Wildman–Crippen LogP) is 0.0755. The van der Waals surface area contributed by atoms with Crippen LogP contribution in [0.4, 0.5) is 0 Å². The third-order valence-corrected chi connectivity index (χ3v) is 0.757. The number of hydrogen-bond donors (Lipinski definition) is 0. The van der Waals surface area contributed by atoms with Gasteiger partial charge in [0.15, 0.2) is 0 Å². The highest BCUT2D eigenvalue weighted by atomic mass is 16.6. The Morgan fingerprint density at radius 2 is 2.36 bits per heavy atom. The van der Waals surface area contributed by atoms with Crippen molar-refractivity contribution in [3.8, 4) is 6.07 Å². The van der Waals surface area contributed by atoms with Crippen LogP contribution in [0, 0.1) is 11.3 Å². The van der Waals surface area contributed by atoms with Gasteiger partial charge in [0, 0.05) is 0 Å². The van der Waals surface area contributed by atoms with Gasteiger partial charge < -0.3 is 9.57 Å². The van der Waals surface area contributed by atoms with Gasteiger partial charge in [-0.25, -0.2) is 4.79 Å². The summed E-state index contributed by atoms with van der Waals surface area (Å²) in [6, 6.07) is 1.54. The van der Waals surface area contributed by atoms with Gasteiger partial charge in [-0.2, -0.15) is 5.26 Å². The molecule has 0 rings (SSSR count). The second-order valence-electron chi connectivity index (χ2n) is 1.45. The van der Waals surface area contributed by atoms with Crippen LogP contribution in [0.3, 0.4) is 0 Å². The quantitative estimate of drug-likeness (QED) is 0.329. The Kier molecular flexibility index (Phi) is 4.49. The molecule has 11 heavy (non-hydrogen) atoms. The number of esters is 1. The lowest BCUT2D eigenvalue weighted by Crippen LogP contribution is -2.15. The van der Waals surface area contributed by atoms with Gasteiger partial charge in [-0.05, 0) is 6.92 Å². The summed E-state index contributed by atoms with van der Waals surface area (Å²) in [5, 5.41) is 11.4. The van der Waals surface area contributed by atoms with Gasteiger partial charge >= 0.3 is 5.97 Å². The van der Waals surface area contributed by atoms with Gasteiger partial charge in [0.05, 0.1) is 6.61 Å². The fourth-order valence-electron chi connectivity index (χ4n) is 0.394. The molecule has 0 saturated carbocycles. The molecule has 0 saturated heterocycles. The van der Waals surface area contributed by atoms with Gasteiger partial charge in [-0.1, -0.05) is 5.16 Å². The number of oxime groups is 1. The van der Waals surface area contributed by atoms with Crippen molar-refractivity contribution in [1.82, 2.24) is 0 Å². The summed E-state index contributed by atoms with van der Waals surface area (Å²) >= 11 is 0. The lowest BCUT2D eigenvalue weighted by atomic mass is 10.4. The standard InChI is InChI=1S/C6H8N2O3/c1-3-11-6(9)5(4-7)8-10-2/h3H2,1-2H3/b8-5+. The van der Waals surface area contributed by atoms with Crippen LogP contribution < -0.4 is 0 Å². The molecule has 0 aromatic heterocycles. The van der Waals surface area contributed by atoms with Crippen molar-refractivity contribution < 1.29 is 14.4 Å². The molecule has 0 unspecified atom stereocenters. The highest BCUT2D eigenvalue weighted by Gasteiger charge is 2.11. The average molecular weight is 156 g/mol. The smallest absolute Gasteiger partial charge is 0.371 e. The first-order valence-corrected chi connectivity index (χ1v) is 2.94. The maximum Gasteiger partial charge on any atom is 0.371 e. The van der Waals surface area contributed by atoms with Gasteiger partial charge in [0.25, 0.3) is 5.71 Å². The highest BCUT2D eigenvalue weighted by Crippen LogP contribution is 1.84. The van der Waals surface area contributed by atoms with Crippen molar-refractivity contribution in [1.29, 1.82) is 5.26 Å². The molecule has 0 atom stereocenters. The largest absolute Gasteiger partial charge is 0.461 e. The van der Waals surface area contributed by atoms with Gasteiger partial charge in [-0.15, -0.1) is 0 Å². The average Bonchev–Trinajstić information content (AvgIpc) is 2.00. The monoisotopic (exact) mass is 156 g/mol. The summed E-state index contributed by atoms with van der Waals surface area (Å²) in [5.41, 5.74) is -0.380. The van der Waals surface area contributed by atoms with Crippen LogP contribution in [0.25, 0.3) is 0 Å². The van der Waals surface area contributed by atoms with Crippen LogP contribution in [0.15, 0.2) is 5.16 Å². The summed E-state index contributed by atoms with van der Waals surface area (Å²) in [7, 11) is 1.25. The van der Waals surface area contributed by atoms with E-state index in [2.05, 4.69) is 14.7 Å². The molecule has 0 aromatic rings. The molecule has 5 heteroatoms. The normalized spacial score (nSPS) is 10.1. The van der Waals surface area contributed by atoms with Gasteiger partial charge in [0.2, 0.25) is 0 Å². The molecule has 0 aromatic carbocycles. The topological polar surface area (TPSA) is 71.7 Å². The maximum absolute atomic E-state index is 10.7. The number of rotatable bonds is 3. The molecular weight excluding hydrogens is 148 g/mol. The molecule has 0 fully saturated rings. The minimum Gasteiger partial charge on any atom is -0.461 e. The minimum absolute atomic E-state index is 0.212. The molecule has 60 valence electrons. The van der Waals surface area contributed by atoms with Crippen molar-refractivity contribution in [2.24, 2.45) is 5.16 Å². The highest BCUT2D eigenvalue weighted by molar-refractivity contribution is 6.42. The summed E-state index contributed by atoms with van der Waals surface area (Å²) in [6.45, 7) is 1.85. The maximum atomic E-state index is 10.7. The Bertz CT molecular complexity index is 204. The molecular formula is C6H8N2O3. The van der Waals surface area contributed by atoms with E-state index in [0.717, 1.165) is 0 Å². The summed E-state index contributed by atoms with van der Waals surface area (Å²) in [6.07, 6.45) is 0. The van der Waals surface area contributed by atoms with E-state index in [1.54, 1.807) is 6.92 Å². The van der Waals surface area contributed by atoms with Crippen molar-refractivity contribution in [3.63, 3.8) is 0 Å². The van der Waals surface area contributed by atoms with E-state index in [1.807, 2.05) is 0 Å². The molecule has 0 aliphatic heterocycles. The lowest BCUT2D eigenvalue weighted by Gasteiger charge is -1.96. The number of ether oxygens (including phenoxy) is 1. The van der Waals surface area contributed by atoms with Crippen molar-refractivity contribution in [2.75, 3.05) is 13.7 Å². The van der Waals surface area contributed by atoms with E-state index in [1.165, 1.54) is 13.2 Å². The molecule has 0 N–H and O–H groups in total. The molecule has 0 bridgehead atoms. The number of nitriles is 1. The summed E-state index contributed by atoms with van der Waals surface area (Å²) in [5.74, 6) is -0.767. The fraction of sp³-hybridized carbons (Fsp3) is 0.500. The lowest BCUT2D eigenvalue weighted by molar-refractivity contribution is -0.135. The molecule has 5 nitrogen and oxygen atoms in total. The number of carbonyl (C=O) groups excluding carboxylic acids is 1. The molecule has 0 aliphatic carbocycles. The number of carbonyl (C=O) groups is 1. The third-order valence-electron chi connectivity index (χ3n) is 0.757. The molecule has 0 amide bonds. The first-order valence-electron chi connectivity index (χ1n) is 2.94. The van der Waals surface area contributed by atoms with Crippen LogP contribution in [0.5, 0.6) is 0 Å². The molecule has 0 aliphatic rings. The Morgan fingerprint density at radius 3 is 2.73 bits per heavy atom. The van der Waals surface area contributed by atoms with E-state index in [-0.39, 0.29) is 12.3 Å². The van der Waals surface area contributed by atoms with Gasteiger partial charge in [-0.3, -0.25) is 0 Å². The van der Waals surface area contributed by atoms with Crippen LogP contribution in [0.1, 0.15) is 6.92 Å². The van der Waals surface area contributed by atoms with E-state index in [4.69, 9.17) is 5.26 Å². The number of hydrogen-bond acceptors (Lipinski definition) is 5. The third kappa shape index (κ3) is 3.20. The van der Waals surface area contributed by atoms with Crippen LogP contribution in [0.2, 0.25) is 0 Å². The Hall–Kier alpha value is -1.57. The Labute approximate surface area is 64.2 Å². The van der Waals surface area contributed by atoms with Crippen LogP contribution >= 0.6 is 0 Å². The molecule has 0 radical (unpaired) electrons. The summed E-state index contributed by atoms with van der Waals surface area (Å²) < 4.78 is 4.48. The number of nitrogens with zero attached hydrogens (tertiary/aromatic N) is 2. The molecule has 0 heterocycles. The van der Waals surface area contributed by atoms with Crippen molar-refractivity contribution in [3.05, 3.63) is 0 Å². The summed E-state index contributed by atoms with van der Waals surface area (Å²) in [4.78, 5) is 14.9. The Balaban J connectivity index is 4.18. The zero-order chi connectivity index (χ0) is 8.69. The minimum atomic E-state index is -0.767. The van der Waals surface area contributed by atoms with Crippen molar-refractivity contribution in [2.45, 2.75) is 6.92 Å². The first-order chi connectivity index (χ1) is 5.26. The Morgan fingerprint density at radius 1 is 1.73 bits per heavy atom. The molecule has 0 spiro atoms.